The predicted octanol–water partition coefficient (Wildman–Crippen LogP) is 0.516. The van der Waals surface area contributed by atoms with Crippen LogP contribution in [0.3, 0.4) is 0 Å². The highest BCUT2D eigenvalue weighted by atomic mass is 16.4. The van der Waals surface area contributed by atoms with Crippen molar-refractivity contribution in [3.8, 4) is 0 Å². The Bertz CT molecular complexity index is 551. The van der Waals surface area contributed by atoms with Gasteiger partial charge in [-0.05, 0) is 24.0 Å². The summed E-state index contributed by atoms with van der Waals surface area (Å²) in [6.45, 7) is 0.338. The highest BCUT2D eigenvalue weighted by Crippen LogP contribution is 2.36. The maximum absolute atomic E-state index is 12.3. The van der Waals surface area contributed by atoms with Crippen molar-refractivity contribution in [2.24, 2.45) is 5.73 Å². The van der Waals surface area contributed by atoms with Gasteiger partial charge in [0.05, 0.1) is 5.54 Å². The zero-order valence-electron chi connectivity index (χ0n) is 10.5. The van der Waals surface area contributed by atoms with Gasteiger partial charge in [-0.3, -0.25) is 4.79 Å². The Morgan fingerprint density at radius 3 is 2.47 bits per heavy atom. The van der Waals surface area contributed by atoms with Gasteiger partial charge in [-0.25, -0.2) is 4.79 Å². The highest BCUT2D eigenvalue weighted by Gasteiger charge is 2.51. The lowest BCUT2D eigenvalue weighted by molar-refractivity contribution is -0.152. The largest absolute Gasteiger partial charge is 0.480 e. The zero-order chi connectivity index (χ0) is 13.6. The Kier molecular flexibility index (Phi) is 2.60. The number of amides is 1. The van der Waals surface area contributed by atoms with Crippen molar-refractivity contribution in [3.63, 3.8) is 0 Å². The van der Waals surface area contributed by atoms with E-state index < -0.39 is 17.6 Å². The molecule has 0 aromatic heterocycles. The monoisotopic (exact) mass is 260 g/mol. The molecule has 5 nitrogen and oxygen atoms in total. The third-order valence-corrected chi connectivity index (χ3v) is 4.01. The molecule has 1 fully saturated rings. The van der Waals surface area contributed by atoms with Crippen molar-refractivity contribution in [2.75, 3.05) is 0 Å². The summed E-state index contributed by atoms with van der Waals surface area (Å²) in [5, 5.41) is 9.33. The summed E-state index contributed by atoms with van der Waals surface area (Å²) in [4.78, 5) is 25.2. The minimum absolute atomic E-state index is 0.227. The highest BCUT2D eigenvalue weighted by molar-refractivity contribution is 5.92. The summed E-state index contributed by atoms with van der Waals surface area (Å²) in [7, 11) is 0. The molecule has 1 aliphatic heterocycles. The number of fused-ring (bicyclic) bond motifs is 1. The van der Waals surface area contributed by atoms with Crippen LogP contribution in [0.2, 0.25) is 0 Å². The molecule has 0 saturated heterocycles. The molecule has 2 aliphatic rings. The fraction of sp³-hybridized carbons (Fsp3) is 0.429. The van der Waals surface area contributed by atoms with Crippen molar-refractivity contribution in [2.45, 2.75) is 37.4 Å². The fourth-order valence-electron chi connectivity index (χ4n) is 2.59. The van der Waals surface area contributed by atoms with Gasteiger partial charge in [-0.2, -0.15) is 0 Å². The van der Waals surface area contributed by atoms with Gasteiger partial charge in [0.1, 0.15) is 6.04 Å². The van der Waals surface area contributed by atoms with E-state index in [1.54, 1.807) is 0 Å². The first kappa shape index (κ1) is 12.2. The van der Waals surface area contributed by atoms with Crippen LogP contribution in [0.25, 0.3) is 0 Å². The Morgan fingerprint density at radius 2 is 1.89 bits per heavy atom. The Labute approximate surface area is 111 Å². The molecule has 0 bridgehead atoms. The average molecular weight is 260 g/mol. The second-order valence-electron chi connectivity index (χ2n) is 5.42. The molecule has 3 rings (SSSR count). The van der Waals surface area contributed by atoms with Crippen LogP contribution in [-0.2, 0) is 22.6 Å². The number of carboxylic acid groups (broad SMARTS) is 1. The van der Waals surface area contributed by atoms with E-state index in [0.717, 1.165) is 11.1 Å². The molecule has 0 radical (unpaired) electrons. The van der Waals surface area contributed by atoms with Gasteiger partial charge in [0.15, 0.2) is 0 Å². The molecule has 19 heavy (non-hydrogen) atoms. The second-order valence-corrected chi connectivity index (χ2v) is 5.42. The van der Waals surface area contributed by atoms with Crippen LogP contribution in [0.4, 0.5) is 0 Å². The van der Waals surface area contributed by atoms with Crippen LogP contribution in [0.5, 0.6) is 0 Å². The first-order chi connectivity index (χ1) is 9.01. The summed E-state index contributed by atoms with van der Waals surface area (Å²) in [5.74, 6) is -1.19. The quantitative estimate of drug-likeness (QED) is 0.811. The number of aliphatic carboxylic acids is 1. The standard InChI is InChI=1S/C14H16N2O3/c15-14(5-6-14)13(19)16-8-10-4-2-1-3-9(10)7-11(16)12(17)18/h1-4,11H,5-8,15H2,(H,17,18). The summed E-state index contributed by atoms with van der Waals surface area (Å²) in [6.07, 6.45) is 1.65. The first-order valence-electron chi connectivity index (χ1n) is 6.41. The summed E-state index contributed by atoms with van der Waals surface area (Å²) >= 11 is 0. The number of rotatable bonds is 2. The molecule has 1 atom stereocenters. The van der Waals surface area contributed by atoms with Crippen molar-refractivity contribution >= 4 is 11.9 Å². The Hall–Kier alpha value is -1.88. The third-order valence-electron chi connectivity index (χ3n) is 4.01. The van der Waals surface area contributed by atoms with Crippen LogP contribution in [0.1, 0.15) is 24.0 Å². The van der Waals surface area contributed by atoms with Crippen LogP contribution < -0.4 is 5.73 Å². The number of hydrogen-bond donors (Lipinski definition) is 2. The normalized spacial score (nSPS) is 23.6. The second kappa shape index (κ2) is 4.06. The SMILES string of the molecule is NC1(C(=O)N2Cc3ccccc3CC2C(=O)O)CC1. The van der Waals surface area contributed by atoms with E-state index >= 15 is 0 Å². The lowest BCUT2D eigenvalue weighted by Crippen LogP contribution is -2.54. The number of carbonyl (C=O) groups is 2. The number of carbonyl (C=O) groups excluding carboxylic acids is 1. The molecule has 1 heterocycles. The van der Waals surface area contributed by atoms with Gasteiger partial charge in [0.2, 0.25) is 5.91 Å². The van der Waals surface area contributed by atoms with E-state index in [2.05, 4.69) is 0 Å². The topological polar surface area (TPSA) is 83.6 Å². The molecule has 5 heteroatoms. The van der Waals surface area contributed by atoms with Crippen LogP contribution >= 0.6 is 0 Å². The fourth-order valence-corrected chi connectivity index (χ4v) is 2.59. The molecule has 1 aliphatic carbocycles. The van der Waals surface area contributed by atoms with Crippen LogP contribution in [-0.4, -0.2) is 33.5 Å². The van der Waals surface area contributed by atoms with Crippen molar-refractivity contribution in [1.29, 1.82) is 0 Å². The smallest absolute Gasteiger partial charge is 0.326 e. The Balaban J connectivity index is 1.94. The maximum Gasteiger partial charge on any atom is 0.326 e. The average Bonchev–Trinajstić information content (AvgIpc) is 3.15. The van der Waals surface area contributed by atoms with Crippen molar-refractivity contribution in [1.82, 2.24) is 4.90 Å². The van der Waals surface area contributed by atoms with E-state index in [1.807, 2.05) is 24.3 Å². The lowest BCUT2D eigenvalue weighted by Gasteiger charge is -2.36. The van der Waals surface area contributed by atoms with Gasteiger partial charge < -0.3 is 15.7 Å². The first-order valence-corrected chi connectivity index (χ1v) is 6.41. The summed E-state index contributed by atoms with van der Waals surface area (Å²) < 4.78 is 0. The number of carboxylic acids is 1. The summed E-state index contributed by atoms with van der Waals surface area (Å²) in [5.41, 5.74) is 7.11. The summed E-state index contributed by atoms with van der Waals surface area (Å²) in [6, 6.07) is 6.84. The molecular formula is C14H16N2O3. The molecular weight excluding hydrogens is 244 g/mol. The molecule has 1 aromatic rings. The minimum atomic E-state index is -0.966. The Morgan fingerprint density at radius 1 is 1.26 bits per heavy atom. The number of benzene rings is 1. The van der Waals surface area contributed by atoms with E-state index in [-0.39, 0.29) is 5.91 Å². The van der Waals surface area contributed by atoms with Gasteiger partial charge >= 0.3 is 5.97 Å². The van der Waals surface area contributed by atoms with Crippen molar-refractivity contribution in [3.05, 3.63) is 35.4 Å². The van der Waals surface area contributed by atoms with Gasteiger partial charge in [0.25, 0.3) is 0 Å². The molecule has 1 aromatic carbocycles. The van der Waals surface area contributed by atoms with E-state index in [1.165, 1.54) is 4.90 Å². The molecule has 0 spiro atoms. The predicted molar refractivity (Wildman–Crippen MR) is 68.3 cm³/mol. The molecule has 1 amide bonds. The maximum atomic E-state index is 12.3. The molecule has 100 valence electrons. The molecule has 1 unspecified atom stereocenters. The van der Waals surface area contributed by atoms with Crippen LogP contribution in [0.15, 0.2) is 24.3 Å². The zero-order valence-corrected chi connectivity index (χ0v) is 10.5. The van der Waals surface area contributed by atoms with Crippen molar-refractivity contribution < 1.29 is 14.7 Å². The van der Waals surface area contributed by atoms with E-state index in [4.69, 9.17) is 5.73 Å². The number of nitrogens with two attached hydrogens (primary N) is 1. The lowest BCUT2D eigenvalue weighted by atomic mass is 9.93. The molecule has 3 N–H and O–H groups in total. The minimum Gasteiger partial charge on any atom is -0.480 e. The van der Waals surface area contributed by atoms with Gasteiger partial charge in [-0.15, -0.1) is 0 Å². The van der Waals surface area contributed by atoms with Crippen LogP contribution in [0, 0.1) is 0 Å². The van der Waals surface area contributed by atoms with Gasteiger partial charge in [0, 0.05) is 13.0 Å². The third kappa shape index (κ3) is 2.00. The van der Waals surface area contributed by atoms with Gasteiger partial charge in [-0.1, -0.05) is 24.3 Å². The van der Waals surface area contributed by atoms with E-state index in [0.29, 0.717) is 25.8 Å². The molecule has 1 saturated carbocycles. The van der Waals surface area contributed by atoms with E-state index in [9.17, 15) is 14.7 Å². The number of nitrogens with zero attached hydrogens (tertiary/aromatic N) is 1. The number of hydrogen-bond acceptors (Lipinski definition) is 3.